The van der Waals surface area contributed by atoms with Crippen molar-refractivity contribution in [2.75, 3.05) is 0 Å². The number of rotatable bonds is 1. The monoisotopic (exact) mass is 235 g/mol. The second kappa shape index (κ2) is 3.76. The van der Waals surface area contributed by atoms with Gasteiger partial charge in [0.25, 0.3) is 5.56 Å². The number of H-pyrrole nitrogens is 1. The molecule has 1 N–H and O–H groups in total. The lowest BCUT2D eigenvalue weighted by molar-refractivity contribution is 0.101. The predicted octanol–water partition coefficient (Wildman–Crippen LogP) is 2.69. The maximum atomic E-state index is 11.7. The molecule has 0 fully saturated rings. The number of carbonyl (C=O) groups is 1. The first kappa shape index (κ1) is 10.9. The number of hydrogen-bond acceptors (Lipinski definition) is 2. The highest BCUT2D eigenvalue weighted by molar-refractivity contribution is 6.31. The van der Waals surface area contributed by atoms with Gasteiger partial charge in [-0.25, -0.2) is 0 Å². The number of carbonyl (C=O) groups excluding carboxylic acids is 1. The third-order valence-corrected chi connectivity index (χ3v) is 2.82. The molecule has 2 aromatic rings. The van der Waals surface area contributed by atoms with Crippen molar-refractivity contribution in [2.45, 2.75) is 13.8 Å². The molecule has 1 aromatic carbocycles. The molecule has 4 heteroatoms. The highest BCUT2D eigenvalue weighted by atomic mass is 35.5. The molecule has 1 heterocycles. The first-order valence-electron chi connectivity index (χ1n) is 4.84. The van der Waals surface area contributed by atoms with Gasteiger partial charge in [-0.3, -0.25) is 9.59 Å². The van der Waals surface area contributed by atoms with Gasteiger partial charge in [-0.2, -0.15) is 0 Å². The van der Waals surface area contributed by atoms with E-state index in [0.717, 1.165) is 5.39 Å². The van der Waals surface area contributed by atoms with Crippen molar-refractivity contribution in [3.8, 4) is 0 Å². The number of nitrogens with one attached hydrogen (secondary N) is 1. The highest BCUT2D eigenvalue weighted by Gasteiger charge is 2.12. The Morgan fingerprint density at radius 3 is 2.69 bits per heavy atom. The molecule has 0 radical (unpaired) electrons. The van der Waals surface area contributed by atoms with Crippen LogP contribution in [0.2, 0.25) is 5.02 Å². The topological polar surface area (TPSA) is 49.9 Å². The van der Waals surface area contributed by atoms with E-state index in [9.17, 15) is 9.59 Å². The van der Waals surface area contributed by atoms with E-state index in [4.69, 9.17) is 11.6 Å². The Morgan fingerprint density at radius 1 is 1.38 bits per heavy atom. The fourth-order valence-electron chi connectivity index (χ4n) is 1.86. The zero-order valence-corrected chi connectivity index (χ0v) is 9.68. The van der Waals surface area contributed by atoms with E-state index in [1.54, 1.807) is 25.1 Å². The zero-order chi connectivity index (χ0) is 11.9. The summed E-state index contributed by atoms with van der Waals surface area (Å²) in [6.07, 6.45) is 0. The SMILES string of the molecule is CC(=O)c1c(C)c2ccc(Cl)cc2[nH]c1=O. The van der Waals surface area contributed by atoms with E-state index in [2.05, 4.69) is 4.98 Å². The number of benzene rings is 1. The molecule has 0 saturated heterocycles. The smallest absolute Gasteiger partial charge is 0.259 e. The van der Waals surface area contributed by atoms with Crippen LogP contribution < -0.4 is 5.56 Å². The largest absolute Gasteiger partial charge is 0.321 e. The fourth-order valence-corrected chi connectivity index (χ4v) is 2.03. The van der Waals surface area contributed by atoms with Crippen LogP contribution in [0.3, 0.4) is 0 Å². The number of fused-ring (bicyclic) bond motifs is 1. The van der Waals surface area contributed by atoms with E-state index in [1.165, 1.54) is 6.92 Å². The summed E-state index contributed by atoms with van der Waals surface area (Å²) in [5, 5.41) is 1.40. The lowest BCUT2D eigenvalue weighted by Crippen LogP contribution is -2.18. The number of halogens is 1. The third-order valence-electron chi connectivity index (χ3n) is 2.59. The van der Waals surface area contributed by atoms with Crippen LogP contribution in [0.25, 0.3) is 10.9 Å². The summed E-state index contributed by atoms with van der Waals surface area (Å²) in [5.41, 5.74) is 1.21. The summed E-state index contributed by atoms with van der Waals surface area (Å²) >= 11 is 5.84. The van der Waals surface area contributed by atoms with Gasteiger partial charge in [-0.05, 0) is 31.5 Å². The Morgan fingerprint density at radius 2 is 2.06 bits per heavy atom. The summed E-state index contributed by atoms with van der Waals surface area (Å²) in [5.74, 6) is -0.226. The van der Waals surface area contributed by atoms with Gasteiger partial charge in [-0.15, -0.1) is 0 Å². The third kappa shape index (κ3) is 1.63. The Labute approximate surface area is 97.1 Å². The molecule has 0 aliphatic heterocycles. The number of pyridine rings is 1. The number of hydrogen-bond donors (Lipinski definition) is 1. The molecule has 0 aliphatic carbocycles. The van der Waals surface area contributed by atoms with Gasteiger partial charge in [-0.1, -0.05) is 17.7 Å². The number of aromatic amines is 1. The van der Waals surface area contributed by atoms with Crippen LogP contribution in [0.1, 0.15) is 22.8 Å². The minimum absolute atomic E-state index is 0.217. The second-order valence-corrected chi connectivity index (χ2v) is 4.14. The molecular formula is C12H10ClNO2. The molecule has 0 aliphatic rings. The second-order valence-electron chi connectivity index (χ2n) is 3.70. The van der Waals surface area contributed by atoms with Gasteiger partial charge in [0.2, 0.25) is 0 Å². The van der Waals surface area contributed by atoms with Gasteiger partial charge in [0.15, 0.2) is 5.78 Å². The van der Waals surface area contributed by atoms with Gasteiger partial charge in [0, 0.05) is 10.4 Å². The lowest BCUT2D eigenvalue weighted by Gasteiger charge is -2.06. The van der Waals surface area contributed by atoms with Crippen molar-refractivity contribution in [3.63, 3.8) is 0 Å². The number of Topliss-reactive ketones (excluding diaryl/α,β-unsaturated/α-hetero) is 1. The van der Waals surface area contributed by atoms with Crippen molar-refractivity contribution >= 4 is 28.3 Å². The first-order chi connectivity index (χ1) is 7.50. The summed E-state index contributed by atoms with van der Waals surface area (Å²) in [6.45, 7) is 3.15. The molecule has 0 amide bonds. The number of ketones is 1. The summed E-state index contributed by atoms with van der Waals surface area (Å²) < 4.78 is 0. The maximum absolute atomic E-state index is 11.7. The molecule has 16 heavy (non-hydrogen) atoms. The maximum Gasteiger partial charge on any atom is 0.259 e. The van der Waals surface area contributed by atoms with Crippen molar-refractivity contribution < 1.29 is 4.79 Å². The summed E-state index contributed by atoms with van der Waals surface area (Å²) in [6, 6.07) is 5.21. The average Bonchev–Trinajstić information content (AvgIpc) is 2.15. The lowest BCUT2D eigenvalue weighted by atomic mass is 10.0. The Bertz CT molecular complexity index is 643. The van der Waals surface area contributed by atoms with Gasteiger partial charge in [0.05, 0.1) is 11.1 Å². The zero-order valence-electron chi connectivity index (χ0n) is 8.93. The molecule has 0 atom stereocenters. The Balaban J connectivity index is 2.94. The van der Waals surface area contributed by atoms with Crippen LogP contribution in [0, 0.1) is 6.92 Å². The van der Waals surface area contributed by atoms with Crippen molar-refractivity contribution in [1.29, 1.82) is 0 Å². The minimum Gasteiger partial charge on any atom is -0.321 e. The predicted molar refractivity (Wildman–Crippen MR) is 64.3 cm³/mol. The van der Waals surface area contributed by atoms with Gasteiger partial charge >= 0.3 is 0 Å². The van der Waals surface area contributed by atoms with Crippen LogP contribution in [0.4, 0.5) is 0 Å². The summed E-state index contributed by atoms with van der Waals surface area (Å²) in [7, 11) is 0. The standard InChI is InChI=1S/C12H10ClNO2/c1-6-9-4-3-8(13)5-10(9)14-12(16)11(6)7(2)15/h3-5H,1-2H3,(H,14,16). The minimum atomic E-state index is -0.361. The molecule has 0 bridgehead atoms. The van der Waals surface area contributed by atoms with E-state index in [-0.39, 0.29) is 16.9 Å². The molecular weight excluding hydrogens is 226 g/mol. The van der Waals surface area contributed by atoms with E-state index in [1.807, 2.05) is 0 Å². The van der Waals surface area contributed by atoms with E-state index < -0.39 is 0 Å². The Kier molecular flexibility index (Phi) is 2.56. The average molecular weight is 236 g/mol. The van der Waals surface area contributed by atoms with Crippen LogP contribution in [0.15, 0.2) is 23.0 Å². The van der Waals surface area contributed by atoms with Crippen molar-refractivity contribution in [2.24, 2.45) is 0 Å². The quantitative estimate of drug-likeness (QED) is 0.773. The number of aryl methyl sites for hydroxylation is 1. The molecule has 0 unspecified atom stereocenters. The Hall–Kier alpha value is -1.61. The highest BCUT2D eigenvalue weighted by Crippen LogP contribution is 2.21. The molecule has 82 valence electrons. The first-order valence-corrected chi connectivity index (χ1v) is 5.21. The normalized spacial score (nSPS) is 10.7. The molecule has 2 rings (SSSR count). The molecule has 0 spiro atoms. The van der Waals surface area contributed by atoms with Gasteiger partial charge in [0.1, 0.15) is 0 Å². The van der Waals surface area contributed by atoms with Crippen molar-refractivity contribution in [1.82, 2.24) is 4.98 Å². The van der Waals surface area contributed by atoms with Gasteiger partial charge < -0.3 is 4.98 Å². The molecule has 3 nitrogen and oxygen atoms in total. The molecule has 1 aromatic heterocycles. The molecule has 0 saturated carbocycles. The van der Waals surface area contributed by atoms with Crippen LogP contribution in [-0.2, 0) is 0 Å². The number of aromatic nitrogens is 1. The fraction of sp³-hybridized carbons (Fsp3) is 0.167. The van der Waals surface area contributed by atoms with Crippen LogP contribution in [-0.4, -0.2) is 10.8 Å². The van der Waals surface area contributed by atoms with Crippen LogP contribution >= 0.6 is 11.6 Å². The van der Waals surface area contributed by atoms with Crippen LogP contribution in [0.5, 0.6) is 0 Å². The van der Waals surface area contributed by atoms with E-state index in [0.29, 0.717) is 16.1 Å². The van der Waals surface area contributed by atoms with Crippen molar-refractivity contribution in [3.05, 3.63) is 44.7 Å². The summed E-state index contributed by atoms with van der Waals surface area (Å²) in [4.78, 5) is 25.7. The van der Waals surface area contributed by atoms with E-state index >= 15 is 0 Å².